The minimum Gasteiger partial charge on any atom is -0.379 e. The number of fused-ring (bicyclic) bond motifs is 2. The van der Waals surface area contributed by atoms with E-state index in [4.69, 9.17) is 4.74 Å². The van der Waals surface area contributed by atoms with Gasteiger partial charge in [0, 0.05) is 62.9 Å². The van der Waals surface area contributed by atoms with Crippen LogP contribution in [0.3, 0.4) is 0 Å². The number of para-hydroxylation sites is 1. The summed E-state index contributed by atoms with van der Waals surface area (Å²) in [6.07, 6.45) is 3.85. The van der Waals surface area contributed by atoms with Crippen LogP contribution in [-0.4, -0.2) is 73.2 Å². The molecule has 0 bridgehead atoms. The van der Waals surface area contributed by atoms with E-state index in [1.807, 2.05) is 6.07 Å². The summed E-state index contributed by atoms with van der Waals surface area (Å²) >= 11 is 0. The number of H-pyrrole nitrogens is 1. The van der Waals surface area contributed by atoms with Gasteiger partial charge in [0.1, 0.15) is 0 Å². The Morgan fingerprint density at radius 2 is 1.76 bits per heavy atom. The highest BCUT2D eigenvalue weighted by Gasteiger charge is 2.32. The average molecular weight is 511 g/mol. The molecule has 2 aliphatic heterocycles. The molecule has 6 rings (SSSR count). The number of nitrogens with one attached hydrogen (secondary N) is 2. The number of aromatic nitrogens is 1. The third kappa shape index (κ3) is 5.93. The number of nitrogens with zero attached hydrogens (tertiary/aromatic N) is 2. The van der Waals surface area contributed by atoms with Gasteiger partial charge in [-0.25, -0.2) is 0 Å². The van der Waals surface area contributed by atoms with Crippen molar-refractivity contribution in [3.63, 3.8) is 0 Å². The van der Waals surface area contributed by atoms with Crippen LogP contribution in [0.2, 0.25) is 0 Å². The van der Waals surface area contributed by atoms with Crippen LogP contribution in [0, 0.1) is 11.8 Å². The number of hydrogen-bond acceptors (Lipinski definition) is 4. The van der Waals surface area contributed by atoms with E-state index < -0.39 is 0 Å². The quantitative estimate of drug-likeness (QED) is 0.368. The molecule has 2 atom stereocenters. The number of piperidine rings is 1. The molecule has 6 nitrogen and oxygen atoms in total. The lowest BCUT2D eigenvalue weighted by molar-refractivity contribution is -0.127. The zero-order chi connectivity index (χ0) is 25.7. The van der Waals surface area contributed by atoms with Crippen molar-refractivity contribution >= 4 is 27.6 Å². The first-order valence-corrected chi connectivity index (χ1v) is 14.0. The summed E-state index contributed by atoms with van der Waals surface area (Å²) in [4.78, 5) is 21.8. The molecule has 2 saturated heterocycles. The van der Waals surface area contributed by atoms with Crippen LogP contribution in [0.1, 0.15) is 17.5 Å². The van der Waals surface area contributed by atoms with Crippen LogP contribution in [0.25, 0.3) is 21.7 Å². The molecule has 2 N–H and O–H groups in total. The number of ether oxygens (including phenoxy) is 1. The fourth-order valence-corrected chi connectivity index (χ4v) is 6.30. The summed E-state index contributed by atoms with van der Waals surface area (Å²) in [6.45, 7) is 8.02. The van der Waals surface area contributed by atoms with Gasteiger partial charge in [0.2, 0.25) is 5.91 Å². The molecule has 38 heavy (non-hydrogen) atoms. The van der Waals surface area contributed by atoms with Crippen LogP contribution in [0.5, 0.6) is 0 Å². The maximum absolute atomic E-state index is 13.4. The summed E-state index contributed by atoms with van der Waals surface area (Å²) in [5.74, 6) is 0.685. The fraction of sp³-hybridized carbons (Fsp3) is 0.406. The molecule has 0 spiro atoms. The summed E-state index contributed by atoms with van der Waals surface area (Å²) in [7, 11) is 0. The number of carbonyl (C=O) groups is 1. The van der Waals surface area contributed by atoms with Gasteiger partial charge >= 0.3 is 0 Å². The van der Waals surface area contributed by atoms with Gasteiger partial charge in [-0.2, -0.15) is 0 Å². The predicted molar refractivity (Wildman–Crippen MR) is 153 cm³/mol. The first kappa shape index (κ1) is 25.1. The summed E-state index contributed by atoms with van der Waals surface area (Å²) in [5.41, 5.74) is 3.72. The summed E-state index contributed by atoms with van der Waals surface area (Å²) < 4.78 is 5.57. The number of benzene rings is 3. The third-order valence-electron chi connectivity index (χ3n) is 8.19. The number of morpholine rings is 1. The van der Waals surface area contributed by atoms with Gasteiger partial charge in [-0.1, -0.05) is 54.6 Å². The number of carbonyl (C=O) groups excluding carboxylic acids is 1. The van der Waals surface area contributed by atoms with Crippen LogP contribution in [-0.2, 0) is 22.5 Å². The molecule has 4 aromatic rings. The number of amides is 1. The highest BCUT2D eigenvalue weighted by molar-refractivity contribution is 5.84. The maximum atomic E-state index is 13.4. The summed E-state index contributed by atoms with van der Waals surface area (Å²) in [5, 5.41) is 7.06. The molecule has 3 aromatic carbocycles. The highest BCUT2D eigenvalue weighted by atomic mass is 16.5. The molecule has 2 aliphatic rings. The molecule has 0 aliphatic carbocycles. The van der Waals surface area contributed by atoms with Gasteiger partial charge in [0.05, 0.1) is 19.1 Å². The van der Waals surface area contributed by atoms with Gasteiger partial charge in [-0.3, -0.25) is 14.6 Å². The minimum atomic E-state index is 0.0122. The molecule has 2 fully saturated rings. The van der Waals surface area contributed by atoms with Gasteiger partial charge in [0.25, 0.3) is 0 Å². The highest BCUT2D eigenvalue weighted by Crippen LogP contribution is 2.26. The van der Waals surface area contributed by atoms with E-state index in [9.17, 15) is 4.79 Å². The molecule has 0 radical (unpaired) electrons. The Morgan fingerprint density at radius 1 is 0.947 bits per heavy atom. The first-order chi connectivity index (χ1) is 18.7. The van der Waals surface area contributed by atoms with Crippen molar-refractivity contribution in [2.75, 3.05) is 52.5 Å². The van der Waals surface area contributed by atoms with Crippen molar-refractivity contribution in [3.05, 3.63) is 84.1 Å². The Labute approximate surface area is 225 Å². The predicted octanol–water partition coefficient (Wildman–Crippen LogP) is 4.45. The second-order valence-corrected chi connectivity index (χ2v) is 11.0. The maximum Gasteiger partial charge on any atom is 0.224 e. The monoisotopic (exact) mass is 510 g/mol. The van der Waals surface area contributed by atoms with E-state index in [2.05, 4.69) is 87.0 Å². The number of rotatable bonds is 8. The fourth-order valence-electron chi connectivity index (χ4n) is 6.30. The van der Waals surface area contributed by atoms with Crippen molar-refractivity contribution in [1.29, 1.82) is 0 Å². The van der Waals surface area contributed by atoms with Gasteiger partial charge < -0.3 is 15.0 Å². The van der Waals surface area contributed by atoms with Crippen molar-refractivity contribution < 1.29 is 9.53 Å². The molecule has 3 heterocycles. The Kier molecular flexibility index (Phi) is 7.72. The second kappa shape index (κ2) is 11.7. The number of likely N-dealkylation sites (tertiary alicyclic amines) is 1. The lowest BCUT2D eigenvalue weighted by Crippen LogP contribution is -2.50. The Hall–Kier alpha value is -3.19. The van der Waals surface area contributed by atoms with E-state index >= 15 is 0 Å². The smallest absolute Gasteiger partial charge is 0.224 e. The normalized spacial score (nSPS) is 21.2. The molecule has 0 unspecified atom stereocenters. The molecule has 198 valence electrons. The zero-order valence-corrected chi connectivity index (χ0v) is 22.1. The average Bonchev–Trinajstić information content (AvgIpc) is 3.36. The van der Waals surface area contributed by atoms with Crippen LogP contribution >= 0.6 is 0 Å². The Balaban J connectivity index is 1.11. The van der Waals surface area contributed by atoms with Crippen molar-refractivity contribution in [1.82, 2.24) is 20.1 Å². The first-order valence-electron chi connectivity index (χ1n) is 14.0. The van der Waals surface area contributed by atoms with Gasteiger partial charge in [-0.05, 0) is 52.8 Å². The van der Waals surface area contributed by atoms with E-state index in [1.54, 1.807) is 0 Å². The SMILES string of the molecule is O=C(NCCc1c[nH]c2ccccc12)[C@@H]1C[C@H](CN2CCOCC2)CN(Cc2ccc3ccccc3c2)C1. The van der Waals surface area contributed by atoms with Crippen LogP contribution in [0.15, 0.2) is 72.9 Å². The van der Waals surface area contributed by atoms with Gasteiger partial charge in [0.15, 0.2) is 0 Å². The Bertz CT molecular complexity index is 1380. The Morgan fingerprint density at radius 3 is 2.66 bits per heavy atom. The van der Waals surface area contributed by atoms with Crippen molar-refractivity contribution in [2.45, 2.75) is 19.4 Å². The van der Waals surface area contributed by atoms with Crippen LogP contribution < -0.4 is 5.32 Å². The zero-order valence-electron chi connectivity index (χ0n) is 22.1. The van der Waals surface area contributed by atoms with Crippen LogP contribution in [0.4, 0.5) is 0 Å². The second-order valence-electron chi connectivity index (χ2n) is 11.0. The standard InChI is InChI=1S/C32H38N4O2/c37-32(33-12-11-28-19-34-31-8-4-3-7-30(28)31)29-18-25(21-35-13-15-38-16-14-35)22-36(23-29)20-24-9-10-26-5-1-2-6-27(26)17-24/h1-10,17,19,25,29,34H,11-16,18,20-23H2,(H,33,37)/t25-,29-/m1/s1. The molecular formula is C32H38N4O2. The number of hydrogen-bond donors (Lipinski definition) is 2. The molecule has 1 amide bonds. The lowest BCUT2D eigenvalue weighted by Gasteiger charge is -2.40. The van der Waals surface area contributed by atoms with E-state index in [0.717, 1.165) is 70.8 Å². The molecule has 0 saturated carbocycles. The van der Waals surface area contributed by atoms with Crippen molar-refractivity contribution in [3.8, 4) is 0 Å². The summed E-state index contributed by atoms with van der Waals surface area (Å²) in [6, 6.07) is 23.6. The minimum absolute atomic E-state index is 0.0122. The number of aromatic amines is 1. The van der Waals surface area contributed by atoms with E-state index in [0.29, 0.717) is 12.5 Å². The molecule has 6 heteroatoms. The topological polar surface area (TPSA) is 60.6 Å². The third-order valence-corrected chi connectivity index (χ3v) is 8.19. The van der Waals surface area contributed by atoms with E-state index in [1.165, 1.54) is 27.3 Å². The largest absolute Gasteiger partial charge is 0.379 e. The van der Waals surface area contributed by atoms with Gasteiger partial charge in [-0.15, -0.1) is 0 Å². The molecular weight excluding hydrogens is 472 g/mol. The molecule has 1 aromatic heterocycles. The van der Waals surface area contributed by atoms with E-state index in [-0.39, 0.29) is 11.8 Å². The lowest BCUT2D eigenvalue weighted by atomic mass is 9.87. The van der Waals surface area contributed by atoms with Crippen molar-refractivity contribution in [2.24, 2.45) is 11.8 Å².